The highest BCUT2D eigenvalue weighted by molar-refractivity contribution is 6.57. The van der Waals surface area contributed by atoms with Crippen LogP contribution >= 0.6 is 0 Å². The van der Waals surface area contributed by atoms with Crippen LogP contribution in [0, 0.1) is 0 Å². The standard InChI is InChI=1S/C16H10O2/c17-15-12-7-3-6-11-10-5-2-1-4-9(10)8-13(14(11)12)16(15)18/h2-3,5-8H,1,4H2. The molecule has 18 heavy (non-hydrogen) atoms. The zero-order chi connectivity index (χ0) is 12.3. The molecule has 0 unspecified atom stereocenters. The Hall–Kier alpha value is -2.22. The maximum absolute atomic E-state index is 12.0. The number of carbonyl (C=O) groups excluding carboxylic acids is 2. The van der Waals surface area contributed by atoms with Crippen molar-refractivity contribution in [1.29, 1.82) is 0 Å². The number of Topliss-reactive ketones (excluding diaryl/α,β-unsaturated/α-hetero) is 2. The van der Waals surface area contributed by atoms with Crippen LogP contribution in [0.4, 0.5) is 0 Å². The van der Waals surface area contributed by atoms with Gasteiger partial charge in [0.2, 0.25) is 11.6 Å². The van der Waals surface area contributed by atoms with Gasteiger partial charge in [-0.05, 0) is 35.4 Å². The van der Waals surface area contributed by atoms with E-state index in [0.717, 1.165) is 23.6 Å². The molecular formula is C16H10O2. The molecule has 0 aliphatic heterocycles. The van der Waals surface area contributed by atoms with Crippen LogP contribution in [-0.2, 0) is 6.42 Å². The lowest BCUT2D eigenvalue weighted by atomic mass is 9.90. The van der Waals surface area contributed by atoms with Gasteiger partial charge in [-0.25, -0.2) is 0 Å². The van der Waals surface area contributed by atoms with E-state index < -0.39 is 0 Å². The predicted molar refractivity (Wildman–Crippen MR) is 70.0 cm³/mol. The van der Waals surface area contributed by atoms with Crippen LogP contribution in [0.2, 0.25) is 0 Å². The third kappa shape index (κ3) is 1.03. The van der Waals surface area contributed by atoms with Crippen molar-refractivity contribution in [2.45, 2.75) is 12.8 Å². The fourth-order valence-electron chi connectivity index (χ4n) is 3.02. The number of fused-ring (bicyclic) bond motifs is 2. The molecule has 0 fully saturated rings. The zero-order valence-electron chi connectivity index (χ0n) is 9.69. The average Bonchev–Trinajstić information content (AvgIpc) is 2.66. The van der Waals surface area contributed by atoms with Gasteiger partial charge in [-0.1, -0.05) is 30.4 Å². The number of allylic oxidation sites excluding steroid dienone is 1. The molecule has 86 valence electrons. The number of hydrogen-bond acceptors (Lipinski definition) is 2. The third-order valence-corrected chi connectivity index (χ3v) is 3.85. The summed E-state index contributed by atoms with van der Waals surface area (Å²) in [5, 5.41) is 1.88. The lowest BCUT2D eigenvalue weighted by molar-refractivity contribution is 0.0825. The number of ketones is 2. The maximum atomic E-state index is 12.0. The highest BCUT2D eigenvalue weighted by Crippen LogP contribution is 2.36. The number of aryl methyl sites for hydroxylation is 1. The Kier molecular flexibility index (Phi) is 1.72. The van der Waals surface area contributed by atoms with Crippen LogP contribution < -0.4 is 0 Å². The van der Waals surface area contributed by atoms with E-state index in [9.17, 15) is 9.59 Å². The van der Waals surface area contributed by atoms with E-state index in [4.69, 9.17) is 0 Å². The fourth-order valence-corrected chi connectivity index (χ4v) is 3.02. The largest absolute Gasteiger partial charge is 0.285 e. The molecule has 0 aromatic heterocycles. The van der Waals surface area contributed by atoms with Gasteiger partial charge in [-0.3, -0.25) is 9.59 Å². The molecule has 2 nitrogen and oxygen atoms in total. The molecule has 2 aliphatic carbocycles. The smallest absolute Gasteiger partial charge is 0.234 e. The summed E-state index contributed by atoms with van der Waals surface area (Å²) in [6.07, 6.45) is 6.20. The third-order valence-electron chi connectivity index (χ3n) is 3.85. The molecule has 2 aromatic carbocycles. The Bertz CT molecular complexity index is 766. The van der Waals surface area contributed by atoms with Gasteiger partial charge < -0.3 is 0 Å². The van der Waals surface area contributed by atoms with E-state index in [1.807, 2.05) is 18.2 Å². The minimum absolute atomic E-state index is 0.349. The number of carbonyl (C=O) groups is 2. The van der Waals surface area contributed by atoms with Gasteiger partial charge in [0.05, 0.1) is 0 Å². The Morgan fingerprint density at radius 1 is 1.00 bits per heavy atom. The molecule has 0 spiro atoms. The Morgan fingerprint density at radius 2 is 1.83 bits per heavy atom. The van der Waals surface area contributed by atoms with Crippen LogP contribution in [0.3, 0.4) is 0 Å². The molecule has 0 saturated carbocycles. The maximum Gasteiger partial charge on any atom is 0.234 e. The molecule has 0 saturated heterocycles. The summed E-state index contributed by atoms with van der Waals surface area (Å²) < 4.78 is 0. The Morgan fingerprint density at radius 3 is 2.72 bits per heavy atom. The van der Waals surface area contributed by atoms with E-state index in [-0.39, 0.29) is 11.6 Å². The van der Waals surface area contributed by atoms with Gasteiger partial charge in [0, 0.05) is 16.5 Å². The minimum atomic E-state index is -0.359. The first-order chi connectivity index (χ1) is 8.77. The molecule has 0 bridgehead atoms. The number of hydrogen-bond donors (Lipinski definition) is 0. The van der Waals surface area contributed by atoms with Crippen molar-refractivity contribution in [3.05, 3.63) is 52.6 Å². The van der Waals surface area contributed by atoms with Gasteiger partial charge in [-0.2, -0.15) is 0 Å². The molecule has 0 heterocycles. The van der Waals surface area contributed by atoms with Crippen LogP contribution in [0.15, 0.2) is 30.3 Å². The second-order valence-electron chi connectivity index (χ2n) is 4.82. The summed E-state index contributed by atoms with van der Waals surface area (Å²) in [6, 6.07) is 7.53. The first kappa shape index (κ1) is 9.77. The van der Waals surface area contributed by atoms with Crippen LogP contribution in [0.5, 0.6) is 0 Å². The number of benzene rings is 2. The van der Waals surface area contributed by atoms with E-state index >= 15 is 0 Å². The van der Waals surface area contributed by atoms with Crippen LogP contribution in [0.25, 0.3) is 16.8 Å². The summed E-state index contributed by atoms with van der Waals surface area (Å²) in [4.78, 5) is 23.9. The van der Waals surface area contributed by atoms with Gasteiger partial charge in [0.15, 0.2) is 0 Å². The van der Waals surface area contributed by atoms with Crippen molar-refractivity contribution in [3.8, 4) is 0 Å². The van der Waals surface area contributed by atoms with Gasteiger partial charge >= 0.3 is 0 Å². The summed E-state index contributed by atoms with van der Waals surface area (Å²) >= 11 is 0. The quantitative estimate of drug-likeness (QED) is 0.656. The normalized spacial score (nSPS) is 16.4. The van der Waals surface area contributed by atoms with Gasteiger partial charge in [0.25, 0.3) is 0 Å². The van der Waals surface area contributed by atoms with E-state index in [2.05, 4.69) is 12.2 Å². The summed E-state index contributed by atoms with van der Waals surface area (Å²) in [5.74, 6) is -0.708. The fraction of sp³-hybridized carbons (Fsp3) is 0.125. The molecule has 0 radical (unpaired) electrons. The van der Waals surface area contributed by atoms with E-state index in [0.29, 0.717) is 11.1 Å². The number of rotatable bonds is 0. The summed E-state index contributed by atoms with van der Waals surface area (Å²) in [7, 11) is 0. The van der Waals surface area contributed by atoms with Gasteiger partial charge in [0.1, 0.15) is 0 Å². The molecule has 0 atom stereocenters. The summed E-state index contributed by atoms with van der Waals surface area (Å²) in [6.45, 7) is 0. The molecule has 4 rings (SSSR count). The molecular weight excluding hydrogens is 224 g/mol. The van der Waals surface area contributed by atoms with Crippen molar-refractivity contribution < 1.29 is 9.59 Å². The highest BCUT2D eigenvalue weighted by atomic mass is 16.2. The minimum Gasteiger partial charge on any atom is -0.285 e. The Labute approximate surface area is 104 Å². The molecule has 2 heteroatoms. The van der Waals surface area contributed by atoms with E-state index in [1.165, 1.54) is 11.1 Å². The average molecular weight is 234 g/mol. The topological polar surface area (TPSA) is 34.1 Å². The second-order valence-corrected chi connectivity index (χ2v) is 4.82. The molecule has 2 aromatic rings. The van der Waals surface area contributed by atoms with Crippen LogP contribution in [0.1, 0.15) is 38.3 Å². The molecule has 0 N–H and O–H groups in total. The highest BCUT2D eigenvalue weighted by Gasteiger charge is 2.32. The summed E-state index contributed by atoms with van der Waals surface area (Å²) in [5.41, 5.74) is 3.51. The lowest BCUT2D eigenvalue weighted by Gasteiger charge is -2.14. The Balaban J connectivity index is 2.25. The van der Waals surface area contributed by atoms with Crippen molar-refractivity contribution in [2.24, 2.45) is 0 Å². The van der Waals surface area contributed by atoms with E-state index in [1.54, 1.807) is 6.07 Å². The predicted octanol–water partition coefficient (Wildman–Crippen LogP) is 3.18. The lowest BCUT2D eigenvalue weighted by Crippen LogP contribution is -2.06. The second kappa shape index (κ2) is 3.16. The SMILES string of the molecule is O=C1C(=O)c2cc3c(c4cccc1c24)C=CCC3. The molecule has 2 aliphatic rings. The first-order valence-electron chi connectivity index (χ1n) is 6.11. The van der Waals surface area contributed by atoms with Crippen molar-refractivity contribution in [2.75, 3.05) is 0 Å². The van der Waals surface area contributed by atoms with Crippen LogP contribution in [-0.4, -0.2) is 11.6 Å². The van der Waals surface area contributed by atoms with Crippen molar-refractivity contribution in [1.82, 2.24) is 0 Å². The molecule has 0 amide bonds. The van der Waals surface area contributed by atoms with Crippen molar-refractivity contribution >= 4 is 28.4 Å². The van der Waals surface area contributed by atoms with Crippen molar-refractivity contribution in [3.63, 3.8) is 0 Å². The zero-order valence-corrected chi connectivity index (χ0v) is 9.69. The van der Waals surface area contributed by atoms with Gasteiger partial charge in [-0.15, -0.1) is 0 Å². The first-order valence-corrected chi connectivity index (χ1v) is 6.11. The monoisotopic (exact) mass is 234 g/mol.